The predicted octanol–water partition coefficient (Wildman–Crippen LogP) is 1.35. The highest BCUT2D eigenvalue weighted by atomic mass is 16.5. The Morgan fingerprint density at radius 1 is 1.50 bits per heavy atom. The maximum absolute atomic E-state index is 9.01. The van der Waals surface area contributed by atoms with Gasteiger partial charge >= 0.3 is 0 Å². The Morgan fingerprint density at radius 2 is 2.25 bits per heavy atom. The van der Waals surface area contributed by atoms with E-state index in [9.17, 15) is 0 Å². The Bertz CT molecular complexity index is 384. The van der Waals surface area contributed by atoms with Crippen LogP contribution in [0.1, 0.15) is 12.0 Å². The topological polar surface area (TPSA) is 62.3 Å². The molecular formula is C12H17N3O. The van der Waals surface area contributed by atoms with Gasteiger partial charge in [0.1, 0.15) is 11.8 Å². The van der Waals surface area contributed by atoms with Gasteiger partial charge < -0.3 is 15.4 Å². The second kappa shape index (κ2) is 5.99. The first-order valence-corrected chi connectivity index (χ1v) is 5.22. The van der Waals surface area contributed by atoms with Crippen molar-refractivity contribution in [2.24, 2.45) is 5.73 Å². The van der Waals surface area contributed by atoms with Crippen LogP contribution in [0.5, 0.6) is 5.75 Å². The van der Waals surface area contributed by atoms with Crippen LogP contribution in [0.4, 0.5) is 5.69 Å². The van der Waals surface area contributed by atoms with Crippen LogP contribution in [0, 0.1) is 11.3 Å². The fourth-order valence-corrected chi connectivity index (χ4v) is 1.50. The van der Waals surface area contributed by atoms with Gasteiger partial charge in [-0.15, -0.1) is 0 Å². The standard InChI is InChI=1S/C12H17N3O/c1-15(7-3-6-13)12-8-11(16-2)5-4-10(12)9-14/h4-5,8H,3,6-7,13H2,1-2H3. The lowest BCUT2D eigenvalue weighted by atomic mass is 10.1. The predicted molar refractivity (Wildman–Crippen MR) is 64.7 cm³/mol. The van der Waals surface area contributed by atoms with Crippen LogP contribution in [0.2, 0.25) is 0 Å². The van der Waals surface area contributed by atoms with Gasteiger partial charge in [-0.05, 0) is 25.1 Å². The zero-order valence-electron chi connectivity index (χ0n) is 9.73. The van der Waals surface area contributed by atoms with E-state index in [1.165, 1.54) is 0 Å². The number of nitrogens with two attached hydrogens (primary N) is 1. The molecule has 0 saturated heterocycles. The molecule has 0 atom stereocenters. The van der Waals surface area contributed by atoms with Crippen LogP contribution >= 0.6 is 0 Å². The Hall–Kier alpha value is -1.73. The Kier molecular flexibility index (Phi) is 4.62. The first kappa shape index (κ1) is 12.3. The van der Waals surface area contributed by atoms with E-state index in [-0.39, 0.29) is 0 Å². The second-order valence-electron chi connectivity index (χ2n) is 3.56. The minimum atomic E-state index is 0.649. The third kappa shape index (κ3) is 2.88. The molecule has 0 aliphatic rings. The number of benzene rings is 1. The van der Waals surface area contributed by atoms with E-state index in [0.29, 0.717) is 12.1 Å². The van der Waals surface area contributed by atoms with E-state index in [0.717, 1.165) is 24.4 Å². The van der Waals surface area contributed by atoms with Crippen molar-refractivity contribution in [3.8, 4) is 11.8 Å². The highest BCUT2D eigenvalue weighted by Gasteiger charge is 2.08. The summed E-state index contributed by atoms with van der Waals surface area (Å²) in [6.45, 7) is 1.48. The van der Waals surface area contributed by atoms with E-state index in [1.807, 2.05) is 18.0 Å². The van der Waals surface area contributed by atoms with Crippen molar-refractivity contribution >= 4 is 5.69 Å². The van der Waals surface area contributed by atoms with Crippen LogP contribution in [0.25, 0.3) is 0 Å². The van der Waals surface area contributed by atoms with E-state index in [1.54, 1.807) is 19.2 Å². The second-order valence-corrected chi connectivity index (χ2v) is 3.56. The van der Waals surface area contributed by atoms with Gasteiger partial charge in [0.05, 0.1) is 18.4 Å². The van der Waals surface area contributed by atoms with Crippen molar-refractivity contribution in [3.63, 3.8) is 0 Å². The molecular weight excluding hydrogens is 202 g/mol. The van der Waals surface area contributed by atoms with Gasteiger partial charge in [-0.25, -0.2) is 0 Å². The third-order valence-electron chi connectivity index (χ3n) is 2.43. The number of nitrogens with zero attached hydrogens (tertiary/aromatic N) is 2. The van der Waals surface area contributed by atoms with Gasteiger partial charge in [0.15, 0.2) is 0 Å². The molecule has 0 aromatic heterocycles. The maximum Gasteiger partial charge on any atom is 0.121 e. The summed E-state index contributed by atoms with van der Waals surface area (Å²) in [6.07, 6.45) is 0.901. The smallest absolute Gasteiger partial charge is 0.121 e. The van der Waals surface area contributed by atoms with Crippen molar-refractivity contribution in [1.29, 1.82) is 5.26 Å². The lowest BCUT2D eigenvalue weighted by molar-refractivity contribution is 0.415. The molecule has 1 rings (SSSR count). The third-order valence-corrected chi connectivity index (χ3v) is 2.43. The first-order chi connectivity index (χ1) is 7.72. The molecule has 0 spiro atoms. The molecule has 0 saturated carbocycles. The number of methoxy groups -OCH3 is 1. The monoisotopic (exact) mass is 219 g/mol. The van der Waals surface area contributed by atoms with Gasteiger partial charge in [-0.2, -0.15) is 5.26 Å². The van der Waals surface area contributed by atoms with E-state index in [2.05, 4.69) is 6.07 Å². The van der Waals surface area contributed by atoms with Crippen molar-refractivity contribution in [2.45, 2.75) is 6.42 Å². The number of rotatable bonds is 5. The highest BCUT2D eigenvalue weighted by Crippen LogP contribution is 2.24. The van der Waals surface area contributed by atoms with E-state index in [4.69, 9.17) is 15.7 Å². The summed E-state index contributed by atoms with van der Waals surface area (Å²) in [6, 6.07) is 7.61. The van der Waals surface area contributed by atoms with Crippen LogP contribution in [-0.2, 0) is 0 Å². The van der Waals surface area contributed by atoms with Gasteiger partial charge in [-0.3, -0.25) is 0 Å². The SMILES string of the molecule is COc1ccc(C#N)c(N(C)CCCN)c1. The van der Waals surface area contributed by atoms with Crippen LogP contribution in [0.15, 0.2) is 18.2 Å². The summed E-state index contributed by atoms with van der Waals surface area (Å²) in [5.41, 5.74) is 7.00. The molecule has 86 valence electrons. The zero-order chi connectivity index (χ0) is 12.0. The molecule has 0 radical (unpaired) electrons. The zero-order valence-corrected chi connectivity index (χ0v) is 9.73. The molecule has 1 aromatic rings. The van der Waals surface area contributed by atoms with Crippen molar-refractivity contribution < 1.29 is 4.74 Å². The molecule has 4 nitrogen and oxygen atoms in total. The molecule has 0 fully saturated rings. The summed E-state index contributed by atoms with van der Waals surface area (Å²) in [7, 11) is 3.57. The normalized spacial score (nSPS) is 9.62. The van der Waals surface area contributed by atoms with Crippen LogP contribution in [-0.4, -0.2) is 27.2 Å². The van der Waals surface area contributed by atoms with Crippen LogP contribution in [0.3, 0.4) is 0 Å². The number of hydrogen-bond acceptors (Lipinski definition) is 4. The summed E-state index contributed by atoms with van der Waals surface area (Å²) >= 11 is 0. The fraction of sp³-hybridized carbons (Fsp3) is 0.417. The molecule has 0 unspecified atom stereocenters. The van der Waals surface area contributed by atoms with Crippen molar-refractivity contribution in [1.82, 2.24) is 0 Å². The lowest BCUT2D eigenvalue weighted by Crippen LogP contribution is -2.21. The van der Waals surface area contributed by atoms with Gasteiger partial charge in [0.2, 0.25) is 0 Å². The largest absolute Gasteiger partial charge is 0.497 e. The van der Waals surface area contributed by atoms with Gasteiger partial charge in [-0.1, -0.05) is 0 Å². The van der Waals surface area contributed by atoms with Gasteiger partial charge in [0.25, 0.3) is 0 Å². The summed E-state index contributed by atoms with van der Waals surface area (Å²) in [4.78, 5) is 2.02. The average Bonchev–Trinajstić information content (AvgIpc) is 2.35. The van der Waals surface area contributed by atoms with Gasteiger partial charge in [0, 0.05) is 19.7 Å². The first-order valence-electron chi connectivity index (χ1n) is 5.22. The summed E-state index contributed by atoms with van der Waals surface area (Å²) < 4.78 is 5.15. The molecule has 0 aliphatic heterocycles. The minimum Gasteiger partial charge on any atom is -0.497 e. The molecule has 0 heterocycles. The summed E-state index contributed by atoms with van der Waals surface area (Å²) in [5, 5.41) is 9.01. The molecule has 16 heavy (non-hydrogen) atoms. The molecule has 2 N–H and O–H groups in total. The number of ether oxygens (including phenoxy) is 1. The Labute approximate surface area is 96.2 Å². The molecule has 0 amide bonds. The van der Waals surface area contributed by atoms with E-state index >= 15 is 0 Å². The Morgan fingerprint density at radius 3 is 2.81 bits per heavy atom. The minimum absolute atomic E-state index is 0.649. The van der Waals surface area contributed by atoms with Crippen molar-refractivity contribution in [3.05, 3.63) is 23.8 Å². The average molecular weight is 219 g/mol. The number of anilines is 1. The molecule has 0 bridgehead atoms. The van der Waals surface area contributed by atoms with Crippen LogP contribution < -0.4 is 15.4 Å². The number of nitriles is 1. The fourth-order valence-electron chi connectivity index (χ4n) is 1.50. The Balaban J connectivity index is 2.95. The quantitative estimate of drug-likeness (QED) is 0.812. The maximum atomic E-state index is 9.01. The molecule has 4 heteroatoms. The summed E-state index contributed by atoms with van der Waals surface area (Å²) in [5.74, 6) is 0.758. The van der Waals surface area contributed by atoms with E-state index < -0.39 is 0 Å². The molecule has 1 aromatic carbocycles. The van der Waals surface area contributed by atoms with Crippen molar-refractivity contribution in [2.75, 3.05) is 32.1 Å². The highest BCUT2D eigenvalue weighted by molar-refractivity contribution is 5.61. The lowest BCUT2D eigenvalue weighted by Gasteiger charge is -2.20. The number of hydrogen-bond donors (Lipinski definition) is 1. The molecule has 0 aliphatic carbocycles.